The van der Waals surface area contributed by atoms with Gasteiger partial charge in [-0.3, -0.25) is 0 Å². The second-order valence-corrected chi connectivity index (χ2v) is 8.25. The molecular formula is C26H30F3N3O. The summed E-state index contributed by atoms with van der Waals surface area (Å²) in [5.41, 5.74) is 2.66. The van der Waals surface area contributed by atoms with Crippen LogP contribution in [0.3, 0.4) is 0 Å². The number of anilines is 1. The third kappa shape index (κ3) is 7.14. The van der Waals surface area contributed by atoms with E-state index in [1.807, 2.05) is 37.4 Å². The third-order valence-electron chi connectivity index (χ3n) is 5.47. The molecule has 176 valence electrons. The summed E-state index contributed by atoms with van der Waals surface area (Å²) in [4.78, 5) is 14.7. The van der Waals surface area contributed by atoms with E-state index in [9.17, 15) is 18.0 Å². The van der Waals surface area contributed by atoms with E-state index in [4.69, 9.17) is 0 Å². The minimum Gasteiger partial charge on any atom is -0.345 e. The minimum absolute atomic E-state index is 0.130. The first-order valence-corrected chi connectivity index (χ1v) is 11.2. The van der Waals surface area contributed by atoms with Crippen molar-refractivity contribution in [3.63, 3.8) is 0 Å². The number of urea groups is 1. The van der Waals surface area contributed by atoms with E-state index in [2.05, 4.69) is 28.9 Å². The molecular weight excluding hydrogens is 427 g/mol. The zero-order valence-electron chi connectivity index (χ0n) is 19.0. The number of alkyl halides is 3. The summed E-state index contributed by atoms with van der Waals surface area (Å²) in [5, 5.41) is 2.65. The van der Waals surface area contributed by atoms with Crippen molar-refractivity contribution < 1.29 is 18.0 Å². The maximum absolute atomic E-state index is 13.0. The van der Waals surface area contributed by atoms with Crippen molar-refractivity contribution in [2.45, 2.75) is 52.4 Å². The van der Waals surface area contributed by atoms with Gasteiger partial charge in [-0.1, -0.05) is 55.7 Å². The van der Waals surface area contributed by atoms with Crippen LogP contribution in [0.5, 0.6) is 0 Å². The Morgan fingerprint density at radius 2 is 1.82 bits per heavy atom. The van der Waals surface area contributed by atoms with E-state index in [1.54, 1.807) is 4.90 Å². The van der Waals surface area contributed by atoms with E-state index in [1.165, 1.54) is 23.3 Å². The van der Waals surface area contributed by atoms with Crippen molar-refractivity contribution in [1.82, 2.24) is 9.47 Å². The predicted molar refractivity (Wildman–Crippen MR) is 125 cm³/mol. The SMILES string of the molecule is CCCCCN(Cc1cccn1Cc1cccc(C)c1)C(=O)Nc1cccc(C(F)(F)F)c1. The van der Waals surface area contributed by atoms with Crippen LogP contribution in [0, 0.1) is 6.92 Å². The Kier molecular flexibility index (Phi) is 8.20. The molecule has 1 aromatic heterocycles. The van der Waals surface area contributed by atoms with Gasteiger partial charge in [0.05, 0.1) is 12.1 Å². The number of benzene rings is 2. The lowest BCUT2D eigenvalue weighted by Gasteiger charge is -2.24. The van der Waals surface area contributed by atoms with Crippen molar-refractivity contribution in [2.24, 2.45) is 0 Å². The van der Waals surface area contributed by atoms with Crippen LogP contribution in [-0.2, 0) is 19.3 Å². The summed E-state index contributed by atoms with van der Waals surface area (Å²) in [7, 11) is 0. The Morgan fingerprint density at radius 3 is 2.55 bits per heavy atom. The maximum Gasteiger partial charge on any atom is 0.416 e. The van der Waals surface area contributed by atoms with Crippen LogP contribution in [-0.4, -0.2) is 22.0 Å². The second-order valence-electron chi connectivity index (χ2n) is 8.25. The molecule has 2 aromatic carbocycles. The van der Waals surface area contributed by atoms with Crippen molar-refractivity contribution >= 4 is 11.7 Å². The van der Waals surface area contributed by atoms with Crippen molar-refractivity contribution in [1.29, 1.82) is 0 Å². The number of unbranched alkanes of at least 4 members (excludes halogenated alkanes) is 2. The van der Waals surface area contributed by atoms with Crippen LogP contribution in [0.4, 0.5) is 23.7 Å². The fourth-order valence-electron chi connectivity index (χ4n) is 3.73. The Balaban J connectivity index is 1.75. The summed E-state index contributed by atoms with van der Waals surface area (Å²) >= 11 is 0. The van der Waals surface area contributed by atoms with Gasteiger partial charge >= 0.3 is 12.2 Å². The van der Waals surface area contributed by atoms with Gasteiger partial charge in [0, 0.05) is 30.7 Å². The van der Waals surface area contributed by atoms with Crippen LogP contribution in [0.2, 0.25) is 0 Å². The van der Waals surface area contributed by atoms with E-state index in [-0.39, 0.29) is 5.69 Å². The van der Waals surface area contributed by atoms with Gasteiger partial charge in [-0.15, -0.1) is 0 Å². The molecule has 2 amide bonds. The number of halogens is 3. The summed E-state index contributed by atoms with van der Waals surface area (Å²) < 4.78 is 41.2. The molecule has 3 rings (SSSR count). The number of carbonyl (C=O) groups excluding carboxylic acids is 1. The van der Waals surface area contributed by atoms with Crippen LogP contribution in [0.25, 0.3) is 0 Å². The zero-order valence-corrected chi connectivity index (χ0v) is 19.0. The molecule has 7 heteroatoms. The molecule has 1 N–H and O–H groups in total. The normalized spacial score (nSPS) is 11.4. The second kappa shape index (κ2) is 11.1. The predicted octanol–water partition coefficient (Wildman–Crippen LogP) is 7.09. The molecule has 0 saturated carbocycles. The Labute approximate surface area is 193 Å². The lowest BCUT2D eigenvalue weighted by atomic mass is 10.1. The Bertz CT molecular complexity index is 1060. The van der Waals surface area contributed by atoms with Gasteiger partial charge < -0.3 is 14.8 Å². The average Bonchev–Trinajstić information content (AvgIpc) is 3.19. The van der Waals surface area contributed by atoms with Crippen molar-refractivity contribution in [2.75, 3.05) is 11.9 Å². The zero-order chi connectivity index (χ0) is 23.8. The molecule has 0 fully saturated rings. The van der Waals surface area contributed by atoms with Crippen molar-refractivity contribution in [3.05, 3.63) is 89.2 Å². The number of nitrogens with one attached hydrogen (secondary N) is 1. The van der Waals surface area contributed by atoms with Gasteiger partial charge in [0.25, 0.3) is 0 Å². The summed E-state index contributed by atoms with van der Waals surface area (Å²) in [5.74, 6) is 0. The lowest BCUT2D eigenvalue weighted by molar-refractivity contribution is -0.137. The number of hydrogen-bond donors (Lipinski definition) is 1. The maximum atomic E-state index is 13.0. The largest absolute Gasteiger partial charge is 0.416 e. The van der Waals surface area contributed by atoms with E-state index < -0.39 is 17.8 Å². The number of rotatable bonds is 9. The van der Waals surface area contributed by atoms with Gasteiger partial charge in [-0.2, -0.15) is 13.2 Å². The minimum atomic E-state index is -4.46. The lowest BCUT2D eigenvalue weighted by Crippen LogP contribution is -2.36. The molecule has 33 heavy (non-hydrogen) atoms. The average molecular weight is 458 g/mol. The molecule has 0 unspecified atom stereocenters. The molecule has 0 radical (unpaired) electrons. The van der Waals surface area contributed by atoms with Crippen LogP contribution in [0.1, 0.15) is 48.6 Å². The van der Waals surface area contributed by atoms with Gasteiger partial charge in [-0.25, -0.2) is 4.79 Å². The van der Waals surface area contributed by atoms with Gasteiger partial charge in [0.2, 0.25) is 0 Å². The molecule has 1 heterocycles. The quantitative estimate of drug-likeness (QED) is 0.342. The van der Waals surface area contributed by atoms with E-state index in [0.29, 0.717) is 19.6 Å². The highest BCUT2D eigenvalue weighted by Gasteiger charge is 2.30. The third-order valence-corrected chi connectivity index (χ3v) is 5.47. The van der Waals surface area contributed by atoms with Crippen LogP contribution in [0.15, 0.2) is 66.9 Å². The summed E-state index contributed by atoms with van der Waals surface area (Å²) in [6.45, 7) is 5.71. The topological polar surface area (TPSA) is 37.3 Å². The fraction of sp³-hybridized carbons (Fsp3) is 0.346. The number of carbonyl (C=O) groups is 1. The number of aromatic nitrogens is 1. The number of aryl methyl sites for hydroxylation is 1. The fourth-order valence-corrected chi connectivity index (χ4v) is 3.73. The summed E-state index contributed by atoms with van der Waals surface area (Å²) in [6, 6.07) is 16.5. The number of amides is 2. The highest BCUT2D eigenvalue weighted by molar-refractivity contribution is 5.89. The first-order chi connectivity index (χ1) is 15.8. The summed E-state index contributed by atoms with van der Waals surface area (Å²) in [6.07, 6.45) is 0.320. The van der Waals surface area contributed by atoms with Crippen LogP contribution < -0.4 is 5.32 Å². The standard InChI is InChI=1S/C26H30F3N3O/c1-3-4-5-14-32(25(33)30-23-12-7-11-22(17-23)26(27,28)29)19-24-13-8-15-31(24)18-21-10-6-9-20(2)16-21/h6-13,15-17H,3-5,14,18-19H2,1-2H3,(H,30,33). The highest BCUT2D eigenvalue weighted by atomic mass is 19.4. The smallest absolute Gasteiger partial charge is 0.345 e. The van der Waals surface area contributed by atoms with E-state index >= 15 is 0 Å². The molecule has 0 spiro atoms. The Morgan fingerprint density at radius 1 is 1.03 bits per heavy atom. The first-order valence-electron chi connectivity index (χ1n) is 11.2. The number of hydrogen-bond acceptors (Lipinski definition) is 1. The molecule has 0 aliphatic carbocycles. The van der Waals surface area contributed by atoms with Crippen molar-refractivity contribution in [3.8, 4) is 0 Å². The molecule has 0 atom stereocenters. The molecule has 0 aliphatic rings. The van der Waals surface area contributed by atoms with Gasteiger partial charge in [-0.05, 0) is 49.2 Å². The molecule has 0 bridgehead atoms. The van der Waals surface area contributed by atoms with E-state index in [0.717, 1.165) is 37.1 Å². The number of nitrogens with zero attached hydrogens (tertiary/aromatic N) is 2. The molecule has 0 aliphatic heterocycles. The highest BCUT2D eigenvalue weighted by Crippen LogP contribution is 2.30. The molecule has 4 nitrogen and oxygen atoms in total. The first kappa shape index (κ1) is 24.4. The molecule has 3 aromatic rings. The van der Waals surface area contributed by atoms with Gasteiger partial charge in [0.15, 0.2) is 0 Å². The molecule has 0 saturated heterocycles. The van der Waals surface area contributed by atoms with Crippen LogP contribution >= 0.6 is 0 Å². The Hall–Kier alpha value is -3.22. The monoisotopic (exact) mass is 457 g/mol. The van der Waals surface area contributed by atoms with Gasteiger partial charge in [0.1, 0.15) is 0 Å².